The van der Waals surface area contributed by atoms with Crippen LogP contribution < -0.4 is 0 Å². The lowest BCUT2D eigenvalue weighted by molar-refractivity contribution is -0.129. The third kappa shape index (κ3) is 2.67. The lowest BCUT2D eigenvalue weighted by Gasteiger charge is -1.95. The van der Waals surface area contributed by atoms with E-state index in [1.165, 1.54) is 11.3 Å². The van der Waals surface area contributed by atoms with Gasteiger partial charge in [-0.3, -0.25) is 0 Å². The SMILES string of the molecule is O=C1OC(c2cccs2)=N/C1=C\c1cccc(Br)c1. The van der Waals surface area contributed by atoms with Gasteiger partial charge in [-0.1, -0.05) is 34.1 Å². The van der Waals surface area contributed by atoms with Gasteiger partial charge in [-0.15, -0.1) is 11.3 Å². The lowest BCUT2D eigenvalue weighted by Crippen LogP contribution is -2.03. The zero-order chi connectivity index (χ0) is 13.2. The Kier molecular flexibility index (Phi) is 3.31. The molecule has 0 unspecified atom stereocenters. The minimum absolute atomic E-state index is 0.321. The first kappa shape index (κ1) is 12.3. The van der Waals surface area contributed by atoms with E-state index in [-0.39, 0.29) is 0 Å². The summed E-state index contributed by atoms with van der Waals surface area (Å²) < 4.78 is 6.12. The zero-order valence-corrected chi connectivity index (χ0v) is 12.1. The molecule has 3 rings (SSSR count). The van der Waals surface area contributed by atoms with E-state index in [4.69, 9.17) is 4.74 Å². The van der Waals surface area contributed by atoms with Gasteiger partial charge < -0.3 is 4.74 Å². The second-order valence-corrected chi connectivity index (χ2v) is 5.73. The number of carbonyl (C=O) groups is 1. The molecule has 0 amide bonds. The van der Waals surface area contributed by atoms with Crippen molar-refractivity contribution in [2.24, 2.45) is 4.99 Å². The van der Waals surface area contributed by atoms with Crippen molar-refractivity contribution < 1.29 is 9.53 Å². The molecule has 5 heteroatoms. The van der Waals surface area contributed by atoms with E-state index in [1.54, 1.807) is 6.08 Å². The van der Waals surface area contributed by atoms with Crippen LogP contribution >= 0.6 is 27.3 Å². The van der Waals surface area contributed by atoms with Gasteiger partial charge in [0.1, 0.15) is 0 Å². The maximum atomic E-state index is 11.8. The topological polar surface area (TPSA) is 38.7 Å². The van der Waals surface area contributed by atoms with Gasteiger partial charge in [0.05, 0.1) is 4.88 Å². The standard InChI is InChI=1S/C14H8BrNO2S/c15-10-4-1-3-9(7-10)8-11-14(17)18-13(16-11)12-5-2-6-19-12/h1-8H/b11-8-. The van der Waals surface area contributed by atoms with Crippen molar-refractivity contribution >= 4 is 45.2 Å². The summed E-state index contributed by atoms with van der Waals surface area (Å²) in [7, 11) is 0. The van der Waals surface area contributed by atoms with Crippen molar-refractivity contribution in [3.63, 3.8) is 0 Å². The van der Waals surface area contributed by atoms with E-state index >= 15 is 0 Å². The van der Waals surface area contributed by atoms with Crippen LogP contribution in [-0.2, 0) is 9.53 Å². The number of thiophene rings is 1. The normalized spacial score (nSPS) is 16.6. The summed E-state index contributed by atoms with van der Waals surface area (Å²) in [6, 6.07) is 11.4. The van der Waals surface area contributed by atoms with Crippen LogP contribution in [-0.4, -0.2) is 11.9 Å². The third-order valence-electron chi connectivity index (χ3n) is 2.50. The van der Waals surface area contributed by atoms with Crippen LogP contribution in [0.1, 0.15) is 10.4 Å². The van der Waals surface area contributed by atoms with Gasteiger partial charge in [-0.05, 0) is 35.2 Å². The van der Waals surface area contributed by atoms with Gasteiger partial charge in [0, 0.05) is 4.47 Å². The molecular formula is C14H8BrNO2S. The molecule has 0 saturated carbocycles. The zero-order valence-electron chi connectivity index (χ0n) is 9.67. The van der Waals surface area contributed by atoms with Crippen LogP contribution in [0.2, 0.25) is 0 Å². The van der Waals surface area contributed by atoms with Gasteiger partial charge >= 0.3 is 5.97 Å². The summed E-state index contributed by atoms with van der Waals surface area (Å²) in [5, 5.41) is 1.92. The molecule has 0 saturated heterocycles. The van der Waals surface area contributed by atoms with Gasteiger partial charge in [0.2, 0.25) is 5.90 Å². The second-order valence-electron chi connectivity index (χ2n) is 3.87. The molecule has 1 aliphatic rings. The van der Waals surface area contributed by atoms with Gasteiger partial charge in [0.25, 0.3) is 0 Å². The molecule has 3 nitrogen and oxygen atoms in total. The number of benzene rings is 1. The number of esters is 1. The summed E-state index contributed by atoms with van der Waals surface area (Å²) in [5.74, 6) is -0.0374. The Hall–Kier alpha value is -1.72. The van der Waals surface area contributed by atoms with Gasteiger partial charge in [0.15, 0.2) is 5.70 Å². The quantitative estimate of drug-likeness (QED) is 0.618. The Morgan fingerprint density at radius 1 is 1.26 bits per heavy atom. The molecule has 2 heterocycles. The van der Waals surface area contributed by atoms with Crippen LogP contribution in [0.4, 0.5) is 0 Å². The number of cyclic esters (lactones) is 1. The molecule has 0 aliphatic carbocycles. The molecule has 0 fully saturated rings. The van der Waals surface area contributed by atoms with Crippen LogP contribution in [0, 0.1) is 0 Å². The van der Waals surface area contributed by atoms with E-state index in [1.807, 2.05) is 41.8 Å². The van der Waals surface area contributed by atoms with Crippen molar-refractivity contribution in [2.75, 3.05) is 0 Å². The Morgan fingerprint density at radius 2 is 2.16 bits per heavy atom. The highest BCUT2D eigenvalue weighted by Gasteiger charge is 2.24. The van der Waals surface area contributed by atoms with Crippen molar-refractivity contribution in [3.8, 4) is 0 Å². The van der Waals surface area contributed by atoms with Gasteiger partial charge in [-0.2, -0.15) is 0 Å². The minimum atomic E-state index is -0.414. The molecule has 1 aromatic carbocycles. The number of hydrogen-bond acceptors (Lipinski definition) is 4. The van der Waals surface area contributed by atoms with Crippen LogP contribution in [0.15, 0.2) is 56.9 Å². The largest absolute Gasteiger partial charge is 0.401 e. The minimum Gasteiger partial charge on any atom is -0.401 e. The number of carbonyl (C=O) groups excluding carboxylic acids is 1. The van der Waals surface area contributed by atoms with E-state index in [0.717, 1.165) is 14.9 Å². The maximum absolute atomic E-state index is 11.8. The molecule has 0 N–H and O–H groups in total. The molecule has 0 radical (unpaired) electrons. The van der Waals surface area contributed by atoms with Crippen LogP contribution in [0.25, 0.3) is 6.08 Å². The molecule has 94 valence electrons. The summed E-state index contributed by atoms with van der Waals surface area (Å²) in [4.78, 5) is 16.8. The first-order valence-electron chi connectivity index (χ1n) is 5.54. The van der Waals surface area contributed by atoms with Crippen LogP contribution in [0.5, 0.6) is 0 Å². The number of nitrogens with zero attached hydrogens (tertiary/aromatic N) is 1. The molecular weight excluding hydrogens is 326 g/mol. The van der Waals surface area contributed by atoms with Gasteiger partial charge in [-0.25, -0.2) is 9.79 Å². The van der Waals surface area contributed by atoms with Crippen molar-refractivity contribution in [1.82, 2.24) is 0 Å². The smallest absolute Gasteiger partial charge is 0.363 e. The highest BCUT2D eigenvalue weighted by molar-refractivity contribution is 9.10. The van der Waals surface area contributed by atoms with E-state index in [2.05, 4.69) is 20.9 Å². The van der Waals surface area contributed by atoms with E-state index in [9.17, 15) is 4.79 Å². The summed E-state index contributed by atoms with van der Waals surface area (Å²) in [5.41, 5.74) is 1.22. The molecule has 2 aromatic rings. The molecule has 0 atom stereocenters. The number of ether oxygens (including phenoxy) is 1. The van der Waals surface area contributed by atoms with E-state index in [0.29, 0.717) is 11.6 Å². The monoisotopic (exact) mass is 333 g/mol. The van der Waals surface area contributed by atoms with Crippen molar-refractivity contribution in [1.29, 1.82) is 0 Å². The third-order valence-corrected chi connectivity index (χ3v) is 3.86. The number of rotatable bonds is 2. The fourth-order valence-electron chi connectivity index (χ4n) is 1.67. The molecule has 19 heavy (non-hydrogen) atoms. The molecule has 0 spiro atoms. The maximum Gasteiger partial charge on any atom is 0.363 e. The molecule has 0 bridgehead atoms. The predicted octanol–water partition coefficient (Wildman–Crippen LogP) is 3.86. The average Bonchev–Trinajstić information content (AvgIpc) is 3.00. The van der Waals surface area contributed by atoms with E-state index < -0.39 is 5.97 Å². The second kappa shape index (κ2) is 5.11. The highest BCUT2D eigenvalue weighted by Crippen LogP contribution is 2.22. The predicted molar refractivity (Wildman–Crippen MR) is 79.1 cm³/mol. The summed E-state index contributed by atoms with van der Waals surface area (Å²) in [6.07, 6.45) is 1.72. The Balaban J connectivity index is 1.95. The summed E-state index contributed by atoms with van der Waals surface area (Å²) >= 11 is 4.88. The summed E-state index contributed by atoms with van der Waals surface area (Å²) in [6.45, 7) is 0. The Morgan fingerprint density at radius 3 is 2.89 bits per heavy atom. The fourth-order valence-corrected chi connectivity index (χ4v) is 2.73. The van der Waals surface area contributed by atoms with Crippen LogP contribution in [0.3, 0.4) is 0 Å². The Labute approximate surface area is 122 Å². The number of aliphatic imine (C=N–C) groups is 1. The molecule has 1 aromatic heterocycles. The fraction of sp³-hybridized carbons (Fsp3) is 0. The molecule has 1 aliphatic heterocycles. The lowest BCUT2D eigenvalue weighted by atomic mass is 10.2. The first-order valence-corrected chi connectivity index (χ1v) is 7.22. The Bertz CT molecular complexity index is 689. The highest BCUT2D eigenvalue weighted by atomic mass is 79.9. The van der Waals surface area contributed by atoms with Crippen molar-refractivity contribution in [3.05, 3.63) is 62.4 Å². The number of hydrogen-bond donors (Lipinski definition) is 0. The number of halogens is 1. The average molecular weight is 334 g/mol. The first-order chi connectivity index (χ1) is 9.22. The van der Waals surface area contributed by atoms with Crippen molar-refractivity contribution in [2.45, 2.75) is 0 Å².